The van der Waals surface area contributed by atoms with E-state index in [9.17, 15) is 4.39 Å². The van der Waals surface area contributed by atoms with Crippen molar-refractivity contribution in [2.75, 3.05) is 6.54 Å². The van der Waals surface area contributed by atoms with Gasteiger partial charge in [-0.1, -0.05) is 6.92 Å². The highest BCUT2D eigenvalue weighted by Gasteiger charge is 2.04. The summed E-state index contributed by atoms with van der Waals surface area (Å²) in [4.78, 5) is 6.18. The van der Waals surface area contributed by atoms with E-state index in [0.717, 1.165) is 30.0 Å². The Morgan fingerprint density at radius 1 is 1.35 bits per heavy atom. The molecular formula is C13H15FN2S. The molecule has 0 unspecified atom stereocenters. The van der Waals surface area contributed by atoms with E-state index >= 15 is 0 Å². The van der Waals surface area contributed by atoms with Crippen LogP contribution < -0.4 is 5.32 Å². The molecule has 0 saturated heterocycles. The van der Waals surface area contributed by atoms with Crippen LogP contribution in [0.25, 0.3) is 10.4 Å². The second-order valence-corrected chi connectivity index (χ2v) is 5.00. The molecule has 2 nitrogen and oxygen atoms in total. The molecule has 0 saturated carbocycles. The molecule has 2 rings (SSSR count). The number of aromatic nitrogens is 1. The molecule has 2 heterocycles. The highest BCUT2D eigenvalue weighted by molar-refractivity contribution is 7.15. The number of nitrogens with one attached hydrogen (secondary N) is 1. The van der Waals surface area contributed by atoms with Crippen molar-refractivity contribution < 1.29 is 4.39 Å². The van der Waals surface area contributed by atoms with Crippen molar-refractivity contribution in [1.29, 1.82) is 0 Å². The van der Waals surface area contributed by atoms with Gasteiger partial charge in [0.1, 0.15) is 5.82 Å². The SMILES string of the molecule is CCCNCc1ccc(-c2cncc(F)c2)s1. The van der Waals surface area contributed by atoms with Gasteiger partial charge in [-0.15, -0.1) is 11.3 Å². The monoisotopic (exact) mass is 250 g/mol. The Balaban J connectivity index is 2.07. The van der Waals surface area contributed by atoms with Crippen molar-refractivity contribution in [2.24, 2.45) is 0 Å². The van der Waals surface area contributed by atoms with Gasteiger partial charge in [-0.3, -0.25) is 4.98 Å². The van der Waals surface area contributed by atoms with E-state index in [1.54, 1.807) is 17.5 Å². The van der Waals surface area contributed by atoms with Crippen molar-refractivity contribution in [2.45, 2.75) is 19.9 Å². The molecule has 2 aromatic heterocycles. The summed E-state index contributed by atoms with van der Waals surface area (Å²) in [6.45, 7) is 4.04. The van der Waals surface area contributed by atoms with Gasteiger partial charge in [0.2, 0.25) is 0 Å². The maximum Gasteiger partial charge on any atom is 0.142 e. The van der Waals surface area contributed by atoms with Crippen LogP contribution in [0.2, 0.25) is 0 Å². The second kappa shape index (κ2) is 5.89. The summed E-state index contributed by atoms with van der Waals surface area (Å²) < 4.78 is 13.0. The molecule has 17 heavy (non-hydrogen) atoms. The zero-order valence-electron chi connectivity index (χ0n) is 9.74. The predicted octanol–water partition coefficient (Wildman–Crippen LogP) is 3.45. The molecule has 0 spiro atoms. The van der Waals surface area contributed by atoms with Gasteiger partial charge in [-0.25, -0.2) is 4.39 Å². The van der Waals surface area contributed by atoms with E-state index in [2.05, 4.69) is 23.3 Å². The summed E-state index contributed by atoms with van der Waals surface area (Å²) >= 11 is 1.68. The first-order chi connectivity index (χ1) is 8.29. The maximum absolute atomic E-state index is 13.0. The fourth-order valence-corrected chi connectivity index (χ4v) is 2.52. The van der Waals surface area contributed by atoms with Gasteiger partial charge in [0, 0.05) is 28.1 Å². The van der Waals surface area contributed by atoms with Crippen LogP contribution in [-0.2, 0) is 6.54 Å². The lowest BCUT2D eigenvalue weighted by molar-refractivity contribution is 0.622. The minimum atomic E-state index is -0.290. The summed E-state index contributed by atoms with van der Waals surface area (Å²) in [6.07, 6.45) is 4.05. The summed E-state index contributed by atoms with van der Waals surface area (Å²) in [5, 5.41) is 3.35. The Morgan fingerprint density at radius 2 is 2.24 bits per heavy atom. The Kier molecular flexibility index (Phi) is 4.23. The van der Waals surface area contributed by atoms with Gasteiger partial charge < -0.3 is 5.32 Å². The van der Waals surface area contributed by atoms with Crippen molar-refractivity contribution in [3.63, 3.8) is 0 Å². The quantitative estimate of drug-likeness (QED) is 0.822. The highest BCUT2D eigenvalue weighted by atomic mass is 32.1. The zero-order chi connectivity index (χ0) is 12.1. The number of rotatable bonds is 5. The van der Waals surface area contributed by atoms with Crippen molar-refractivity contribution in [3.05, 3.63) is 41.3 Å². The average molecular weight is 250 g/mol. The number of nitrogens with zero attached hydrogens (tertiary/aromatic N) is 1. The Labute approximate surface area is 105 Å². The molecule has 1 N–H and O–H groups in total. The van der Waals surface area contributed by atoms with Crippen molar-refractivity contribution >= 4 is 11.3 Å². The predicted molar refractivity (Wildman–Crippen MR) is 69.5 cm³/mol. The molecule has 4 heteroatoms. The number of halogens is 1. The minimum Gasteiger partial charge on any atom is -0.312 e. The number of hydrogen-bond acceptors (Lipinski definition) is 3. The fraction of sp³-hybridized carbons (Fsp3) is 0.308. The topological polar surface area (TPSA) is 24.9 Å². The molecule has 0 amide bonds. The number of pyridine rings is 1. The average Bonchev–Trinajstić information content (AvgIpc) is 2.78. The van der Waals surface area contributed by atoms with Crippen LogP contribution in [0.5, 0.6) is 0 Å². The van der Waals surface area contributed by atoms with Gasteiger partial charge in [0.05, 0.1) is 6.20 Å². The van der Waals surface area contributed by atoms with Crippen LogP contribution in [0.3, 0.4) is 0 Å². The Morgan fingerprint density at radius 3 is 3.00 bits per heavy atom. The van der Waals surface area contributed by atoms with Crippen LogP contribution in [0, 0.1) is 5.82 Å². The van der Waals surface area contributed by atoms with Crippen LogP contribution >= 0.6 is 11.3 Å². The molecule has 90 valence electrons. The Bertz CT molecular complexity index is 482. The third-order valence-electron chi connectivity index (χ3n) is 2.38. The summed E-state index contributed by atoms with van der Waals surface area (Å²) in [5.41, 5.74) is 0.844. The molecule has 0 aliphatic heterocycles. The zero-order valence-corrected chi connectivity index (χ0v) is 10.6. The van der Waals surface area contributed by atoms with Crippen molar-refractivity contribution in [1.82, 2.24) is 10.3 Å². The number of thiophene rings is 1. The summed E-state index contributed by atoms with van der Waals surface area (Å²) in [5.74, 6) is -0.290. The normalized spacial score (nSPS) is 10.7. The fourth-order valence-electron chi connectivity index (χ4n) is 1.56. The van der Waals surface area contributed by atoms with Crippen LogP contribution in [-0.4, -0.2) is 11.5 Å². The summed E-state index contributed by atoms with van der Waals surface area (Å²) in [6, 6.07) is 5.61. The van der Waals surface area contributed by atoms with Gasteiger partial charge in [-0.2, -0.15) is 0 Å². The van der Waals surface area contributed by atoms with Gasteiger partial charge in [0.15, 0.2) is 0 Å². The van der Waals surface area contributed by atoms with E-state index in [0.29, 0.717) is 0 Å². The standard InChI is InChI=1S/C13H15FN2S/c1-2-5-15-9-12-3-4-13(17-12)10-6-11(14)8-16-7-10/h3-4,6-8,15H,2,5,9H2,1H3. The Hall–Kier alpha value is -1.26. The molecule has 0 fully saturated rings. The lowest BCUT2D eigenvalue weighted by Gasteiger charge is -1.99. The summed E-state index contributed by atoms with van der Waals surface area (Å²) in [7, 11) is 0. The molecule has 0 bridgehead atoms. The van der Waals surface area contributed by atoms with Crippen molar-refractivity contribution in [3.8, 4) is 10.4 Å². The number of hydrogen-bond donors (Lipinski definition) is 1. The first-order valence-corrected chi connectivity index (χ1v) is 6.51. The lowest BCUT2D eigenvalue weighted by Crippen LogP contribution is -2.12. The first-order valence-electron chi connectivity index (χ1n) is 5.70. The van der Waals surface area contributed by atoms with E-state index in [-0.39, 0.29) is 5.82 Å². The molecule has 0 aromatic carbocycles. The maximum atomic E-state index is 13.0. The van der Waals surface area contributed by atoms with Gasteiger partial charge >= 0.3 is 0 Å². The lowest BCUT2D eigenvalue weighted by atomic mass is 10.2. The van der Waals surface area contributed by atoms with E-state index in [1.807, 2.05) is 6.07 Å². The van der Waals surface area contributed by atoms with Crippen LogP contribution in [0.1, 0.15) is 18.2 Å². The third-order valence-corrected chi connectivity index (χ3v) is 3.51. The second-order valence-electron chi connectivity index (χ2n) is 3.83. The first kappa shape index (κ1) is 12.2. The van der Waals surface area contributed by atoms with Gasteiger partial charge in [-0.05, 0) is 31.2 Å². The largest absolute Gasteiger partial charge is 0.312 e. The van der Waals surface area contributed by atoms with E-state index in [4.69, 9.17) is 0 Å². The van der Waals surface area contributed by atoms with E-state index < -0.39 is 0 Å². The molecular weight excluding hydrogens is 235 g/mol. The van der Waals surface area contributed by atoms with Crippen LogP contribution in [0.15, 0.2) is 30.6 Å². The van der Waals surface area contributed by atoms with E-state index in [1.165, 1.54) is 17.1 Å². The smallest absolute Gasteiger partial charge is 0.142 e. The van der Waals surface area contributed by atoms with Gasteiger partial charge in [0.25, 0.3) is 0 Å². The molecule has 0 atom stereocenters. The molecule has 0 radical (unpaired) electrons. The van der Waals surface area contributed by atoms with Crippen LogP contribution in [0.4, 0.5) is 4.39 Å². The molecule has 2 aromatic rings. The molecule has 0 aliphatic rings. The highest BCUT2D eigenvalue weighted by Crippen LogP contribution is 2.27. The molecule has 0 aliphatic carbocycles. The minimum absolute atomic E-state index is 0.290. The third kappa shape index (κ3) is 3.35.